The molecule has 2 rings (SSSR count). The molecule has 2 aromatic rings. The number of rotatable bonds is 1. The summed E-state index contributed by atoms with van der Waals surface area (Å²) in [5.41, 5.74) is 6.03. The van der Waals surface area contributed by atoms with Gasteiger partial charge in [0.1, 0.15) is 5.75 Å². The van der Waals surface area contributed by atoms with Crippen LogP contribution in [0.15, 0.2) is 18.2 Å². The second-order valence-corrected chi connectivity index (χ2v) is 3.89. The second kappa shape index (κ2) is 2.88. The number of nitrogen functional groups attached to an aromatic ring is 1. The van der Waals surface area contributed by atoms with Crippen molar-refractivity contribution in [2.45, 2.75) is 0 Å². The van der Waals surface area contributed by atoms with Gasteiger partial charge in [-0.2, -0.15) is 0 Å². The summed E-state index contributed by atoms with van der Waals surface area (Å²) in [7, 11) is 0. The Morgan fingerprint density at radius 2 is 2.14 bits per heavy atom. The Morgan fingerprint density at radius 1 is 1.43 bits per heavy atom. The number of carboxylic acids is 1. The number of nitrogens with two attached hydrogens (primary N) is 1. The van der Waals surface area contributed by atoms with Gasteiger partial charge in [-0.15, -0.1) is 11.3 Å². The van der Waals surface area contributed by atoms with E-state index in [0.29, 0.717) is 15.8 Å². The molecule has 1 aromatic carbocycles. The molecule has 5 heteroatoms. The van der Waals surface area contributed by atoms with Crippen LogP contribution in [0.5, 0.6) is 5.75 Å². The van der Waals surface area contributed by atoms with Crippen LogP contribution in [-0.4, -0.2) is 16.2 Å². The quantitative estimate of drug-likeness (QED) is 0.626. The van der Waals surface area contributed by atoms with Crippen molar-refractivity contribution in [2.75, 3.05) is 5.73 Å². The molecule has 0 fully saturated rings. The summed E-state index contributed by atoms with van der Waals surface area (Å²) in [5.74, 6) is -1.33. The molecule has 0 spiro atoms. The molecule has 0 atom stereocenters. The van der Waals surface area contributed by atoms with Crippen molar-refractivity contribution in [3.63, 3.8) is 0 Å². The van der Waals surface area contributed by atoms with E-state index in [1.165, 1.54) is 0 Å². The third-order valence-electron chi connectivity index (χ3n) is 1.88. The predicted molar refractivity (Wildman–Crippen MR) is 54.9 cm³/mol. The number of aromatic hydroxyl groups is 1. The van der Waals surface area contributed by atoms with Crippen molar-refractivity contribution in [3.05, 3.63) is 23.1 Å². The van der Waals surface area contributed by atoms with Crippen molar-refractivity contribution in [1.29, 1.82) is 0 Å². The fraction of sp³-hybridized carbons (Fsp3) is 0. The summed E-state index contributed by atoms with van der Waals surface area (Å²) in [5, 5.41) is 18.8. The summed E-state index contributed by atoms with van der Waals surface area (Å²) < 4.78 is 0.717. The van der Waals surface area contributed by atoms with Crippen molar-refractivity contribution in [1.82, 2.24) is 0 Å². The first-order chi connectivity index (χ1) is 6.59. The number of aromatic carboxylic acids is 1. The fourth-order valence-corrected chi connectivity index (χ4v) is 2.16. The van der Waals surface area contributed by atoms with Crippen LogP contribution >= 0.6 is 11.3 Å². The third kappa shape index (κ3) is 1.18. The molecule has 4 N–H and O–H groups in total. The molecular formula is C9H7NO3S. The van der Waals surface area contributed by atoms with E-state index in [1.54, 1.807) is 18.2 Å². The van der Waals surface area contributed by atoms with Gasteiger partial charge in [0, 0.05) is 15.8 Å². The van der Waals surface area contributed by atoms with E-state index in [0.717, 1.165) is 11.3 Å². The Labute approximate surface area is 83.2 Å². The zero-order valence-corrected chi connectivity index (χ0v) is 7.84. The average Bonchev–Trinajstić information content (AvgIpc) is 2.44. The van der Waals surface area contributed by atoms with Gasteiger partial charge in [0.15, 0.2) is 4.88 Å². The van der Waals surface area contributed by atoms with Crippen LogP contribution in [0.2, 0.25) is 0 Å². The van der Waals surface area contributed by atoms with Crippen LogP contribution in [0, 0.1) is 0 Å². The Morgan fingerprint density at radius 3 is 2.79 bits per heavy atom. The Balaban J connectivity index is 2.80. The molecule has 0 radical (unpaired) electrons. The maximum Gasteiger partial charge on any atom is 0.349 e. The first-order valence-electron chi connectivity index (χ1n) is 3.84. The highest BCUT2D eigenvalue weighted by atomic mass is 32.1. The number of carbonyl (C=O) groups is 1. The van der Waals surface area contributed by atoms with E-state index >= 15 is 0 Å². The predicted octanol–water partition coefficient (Wildman–Crippen LogP) is 1.89. The number of hydrogen-bond acceptors (Lipinski definition) is 4. The van der Waals surface area contributed by atoms with Crippen LogP contribution in [0.25, 0.3) is 10.1 Å². The smallest absolute Gasteiger partial charge is 0.349 e. The van der Waals surface area contributed by atoms with Crippen LogP contribution in [-0.2, 0) is 0 Å². The highest BCUT2D eigenvalue weighted by Crippen LogP contribution is 2.37. The van der Waals surface area contributed by atoms with Gasteiger partial charge in [-0.05, 0) is 18.2 Å². The monoisotopic (exact) mass is 209 g/mol. The van der Waals surface area contributed by atoms with Crippen LogP contribution < -0.4 is 5.73 Å². The first-order valence-corrected chi connectivity index (χ1v) is 4.65. The molecule has 0 aliphatic heterocycles. The maximum atomic E-state index is 10.7. The van der Waals surface area contributed by atoms with Gasteiger partial charge in [0.25, 0.3) is 0 Å². The molecular weight excluding hydrogens is 202 g/mol. The van der Waals surface area contributed by atoms with Crippen molar-refractivity contribution in [3.8, 4) is 5.75 Å². The zero-order valence-electron chi connectivity index (χ0n) is 7.02. The molecule has 0 amide bonds. The van der Waals surface area contributed by atoms with E-state index in [2.05, 4.69) is 0 Å². The lowest BCUT2D eigenvalue weighted by Gasteiger charge is -1.93. The number of anilines is 1. The van der Waals surface area contributed by atoms with Gasteiger partial charge in [0.2, 0.25) is 0 Å². The first kappa shape index (κ1) is 8.83. The summed E-state index contributed by atoms with van der Waals surface area (Å²) in [6.07, 6.45) is 0. The Bertz CT molecular complexity index is 518. The zero-order chi connectivity index (χ0) is 10.3. The molecule has 1 aromatic heterocycles. The topological polar surface area (TPSA) is 83.6 Å². The lowest BCUT2D eigenvalue weighted by molar-refractivity contribution is 0.0699. The summed E-state index contributed by atoms with van der Waals surface area (Å²) in [4.78, 5) is 10.6. The van der Waals surface area contributed by atoms with Crippen LogP contribution in [0.3, 0.4) is 0 Å². The maximum absolute atomic E-state index is 10.7. The lowest BCUT2D eigenvalue weighted by atomic mass is 10.2. The van der Waals surface area contributed by atoms with E-state index < -0.39 is 5.97 Å². The normalized spacial score (nSPS) is 10.6. The summed E-state index contributed by atoms with van der Waals surface area (Å²) in [6.45, 7) is 0. The van der Waals surface area contributed by atoms with E-state index in [-0.39, 0.29) is 10.6 Å². The molecule has 0 saturated heterocycles. The van der Waals surface area contributed by atoms with Crippen molar-refractivity contribution >= 4 is 33.1 Å². The van der Waals surface area contributed by atoms with Crippen LogP contribution in [0.1, 0.15) is 9.67 Å². The van der Waals surface area contributed by atoms with E-state index in [4.69, 9.17) is 10.8 Å². The lowest BCUT2D eigenvalue weighted by Crippen LogP contribution is -1.90. The fourth-order valence-electron chi connectivity index (χ4n) is 1.25. The van der Waals surface area contributed by atoms with Gasteiger partial charge in [-0.3, -0.25) is 0 Å². The van der Waals surface area contributed by atoms with Crippen LogP contribution in [0.4, 0.5) is 5.69 Å². The molecule has 0 unspecified atom stereocenters. The highest BCUT2D eigenvalue weighted by molar-refractivity contribution is 7.21. The largest absolute Gasteiger partial charge is 0.505 e. The number of carboxylic acid groups (broad SMARTS) is 1. The molecule has 1 heterocycles. The van der Waals surface area contributed by atoms with E-state index in [1.807, 2.05) is 0 Å². The number of thiophene rings is 1. The number of benzene rings is 1. The minimum Gasteiger partial charge on any atom is -0.505 e. The number of hydrogen-bond donors (Lipinski definition) is 3. The Kier molecular flexibility index (Phi) is 1.82. The molecule has 14 heavy (non-hydrogen) atoms. The molecule has 0 aliphatic carbocycles. The standard InChI is InChI=1S/C9H7NO3S/c10-4-1-2-6-5(3-4)7(11)8(14-6)9(12)13/h1-3,11H,10H2,(H,12,13). The summed E-state index contributed by atoms with van der Waals surface area (Å²) >= 11 is 1.04. The Hall–Kier alpha value is -1.75. The van der Waals surface area contributed by atoms with Gasteiger partial charge in [0.05, 0.1) is 0 Å². The van der Waals surface area contributed by atoms with Gasteiger partial charge < -0.3 is 15.9 Å². The molecule has 72 valence electrons. The van der Waals surface area contributed by atoms with Crippen molar-refractivity contribution in [2.24, 2.45) is 0 Å². The minimum absolute atomic E-state index is 0.0504. The van der Waals surface area contributed by atoms with Gasteiger partial charge in [-0.25, -0.2) is 4.79 Å². The average molecular weight is 209 g/mol. The SMILES string of the molecule is Nc1ccc2sc(C(=O)O)c(O)c2c1. The molecule has 0 saturated carbocycles. The molecule has 0 bridgehead atoms. The molecule has 0 aliphatic rings. The van der Waals surface area contributed by atoms with E-state index in [9.17, 15) is 9.90 Å². The minimum atomic E-state index is -1.12. The van der Waals surface area contributed by atoms with Crippen molar-refractivity contribution < 1.29 is 15.0 Å². The highest BCUT2D eigenvalue weighted by Gasteiger charge is 2.16. The number of fused-ring (bicyclic) bond motifs is 1. The third-order valence-corrected chi connectivity index (χ3v) is 3.03. The van der Waals surface area contributed by atoms with Gasteiger partial charge in [-0.1, -0.05) is 0 Å². The second-order valence-electron chi connectivity index (χ2n) is 2.84. The van der Waals surface area contributed by atoms with Gasteiger partial charge >= 0.3 is 5.97 Å². The summed E-state index contributed by atoms with van der Waals surface area (Å²) in [6, 6.07) is 4.93. The molecule has 4 nitrogen and oxygen atoms in total.